The molecule has 0 fully saturated rings. The van der Waals surface area contributed by atoms with Gasteiger partial charge in [-0.15, -0.1) is 0 Å². The van der Waals surface area contributed by atoms with Crippen LogP contribution in [-0.2, 0) is 17.8 Å². The normalized spacial score (nSPS) is 15.2. The zero-order valence-electron chi connectivity index (χ0n) is 11.6. The monoisotopic (exact) mass is 247 g/mol. The van der Waals surface area contributed by atoms with Crippen molar-refractivity contribution < 1.29 is 9.53 Å². The molecule has 0 saturated carbocycles. The number of rotatable bonds is 1. The quantitative estimate of drug-likeness (QED) is 0.763. The molecule has 2 rings (SSSR count). The molecule has 0 unspecified atom stereocenters. The number of hydrogen-bond acceptors (Lipinski definition) is 2. The topological polar surface area (TPSA) is 29.5 Å². The van der Waals surface area contributed by atoms with Crippen molar-refractivity contribution in [1.82, 2.24) is 4.90 Å². The number of ether oxygens (including phenoxy) is 1. The summed E-state index contributed by atoms with van der Waals surface area (Å²) < 4.78 is 5.24. The van der Waals surface area contributed by atoms with Crippen molar-refractivity contribution in [2.45, 2.75) is 33.7 Å². The third-order valence-electron chi connectivity index (χ3n) is 3.35. The van der Waals surface area contributed by atoms with Crippen LogP contribution in [0.4, 0.5) is 0 Å². The van der Waals surface area contributed by atoms with E-state index in [-0.39, 0.29) is 11.3 Å². The Bertz CT molecular complexity index is 460. The van der Waals surface area contributed by atoms with Gasteiger partial charge in [0.15, 0.2) is 0 Å². The standard InChI is InChI=1S/C15H21NO2/c1-15(2,3)14(17)16-8-7-11-5-6-13(18-4)9-12(11)10-16/h5-6,9H,7-8,10H2,1-4H3. The molecule has 1 aliphatic heterocycles. The second kappa shape index (κ2) is 4.63. The molecule has 3 nitrogen and oxygen atoms in total. The molecular formula is C15H21NO2. The fourth-order valence-electron chi connectivity index (χ4n) is 2.31. The summed E-state index contributed by atoms with van der Waals surface area (Å²) in [5.41, 5.74) is 2.23. The van der Waals surface area contributed by atoms with Gasteiger partial charge in [0, 0.05) is 18.5 Å². The first kappa shape index (κ1) is 12.9. The maximum atomic E-state index is 12.3. The molecule has 0 bridgehead atoms. The van der Waals surface area contributed by atoms with Crippen molar-refractivity contribution in [2.75, 3.05) is 13.7 Å². The number of methoxy groups -OCH3 is 1. The summed E-state index contributed by atoms with van der Waals surface area (Å²) in [5.74, 6) is 1.08. The van der Waals surface area contributed by atoms with Crippen molar-refractivity contribution in [3.8, 4) is 5.75 Å². The van der Waals surface area contributed by atoms with Gasteiger partial charge in [-0.25, -0.2) is 0 Å². The highest BCUT2D eigenvalue weighted by Gasteiger charge is 2.29. The van der Waals surface area contributed by atoms with Crippen LogP contribution >= 0.6 is 0 Å². The average Bonchev–Trinajstić information content (AvgIpc) is 2.35. The van der Waals surface area contributed by atoms with Crippen molar-refractivity contribution in [1.29, 1.82) is 0 Å². The first-order chi connectivity index (χ1) is 8.41. The molecule has 1 aromatic carbocycles. The summed E-state index contributed by atoms with van der Waals surface area (Å²) in [6.07, 6.45) is 0.932. The van der Waals surface area contributed by atoms with E-state index in [1.165, 1.54) is 11.1 Å². The van der Waals surface area contributed by atoms with Crippen LogP contribution in [0.5, 0.6) is 5.75 Å². The van der Waals surface area contributed by atoms with Gasteiger partial charge in [-0.05, 0) is 29.7 Å². The molecule has 0 N–H and O–H groups in total. The minimum Gasteiger partial charge on any atom is -0.497 e. The molecule has 0 atom stereocenters. The second-order valence-corrected chi connectivity index (χ2v) is 5.86. The Morgan fingerprint density at radius 3 is 2.61 bits per heavy atom. The molecule has 0 radical (unpaired) electrons. The van der Waals surface area contributed by atoms with Gasteiger partial charge in [-0.2, -0.15) is 0 Å². The molecule has 0 saturated heterocycles. The van der Waals surface area contributed by atoms with E-state index < -0.39 is 0 Å². The van der Waals surface area contributed by atoms with Crippen molar-refractivity contribution in [3.05, 3.63) is 29.3 Å². The SMILES string of the molecule is COc1ccc2c(c1)CN(C(=O)C(C)(C)C)CC2. The van der Waals surface area contributed by atoms with Gasteiger partial charge in [-0.3, -0.25) is 4.79 Å². The van der Waals surface area contributed by atoms with Gasteiger partial charge in [0.2, 0.25) is 5.91 Å². The number of nitrogens with zero attached hydrogens (tertiary/aromatic N) is 1. The van der Waals surface area contributed by atoms with E-state index in [1.807, 2.05) is 37.8 Å². The van der Waals surface area contributed by atoms with E-state index in [4.69, 9.17) is 4.74 Å². The highest BCUT2D eigenvalue weighted by Crippen LogP contribution is 2.26. The lowest BCUT2D eigenvalue weighted by molar-refractivity contribution is -0.140. The maximum Gasteiger partial charge on any atom is 0.228 e. The Labute approximate surface area is 109 Å². The fourth-order valence-corrected chi connectivity index (χ4v) is 2.31. The van der Waals surface area contributed by atoms with E-state index in [2.05, 4.69) is 6.07 Å². The van der Waals surface area contributed by atoms with Crippen molar-refractivity contribution >= 4 is 5.91 Å². The Morgan fingerprint density at radius 1 is 1.28 bits per heavy atom. The van der Waals surface area contributed by atoms with Gasteiger partial charge in [-0.1, -0.05) is 26.8 Å². The van der Waals surface area contributed by atoms with Crippen LogP contribution < -0.4 is 4.74 Å². The van der Waals surface area contributed by atoms with Gasteiger partial charge >= 0.3 is 0 Å². The van der Waals surface area contributed by atoms with Gasteiger partial charge in [0.05, 0.1) is 7.11 Å². The molecule has 1 aliphatic rings. The Morgan fingerprint density at radius 2 is 2.00 bits per heavy atom. The van der Waals surface area contributed by atoms with Crippen LogP contribution in [0.3, 0.4) is 0 Å². The summed E-state index contributed by atoms with van der Waals surface area (Å²) in [7, 11) is 1.67. The number of carbonyl (C=O) groups excluding carboxylic acids is 1. The Balaban J connectivity index is 2.21. The van der Waals surface area contributed by atoms with Gasteiger partial charge < -0.3 is 9.64 Å². The first-order valence-electron chi connectivity index (χ1n) is 6.37. The lowest BCUT2D eigenvalue weighted by Crippen LogP contribution is -2.42. The van der Waals surface area contributed by atoms with E-state index in [1.54, 1.807) is 7.11 Å². The van der Waals surface area contributed by atoms with Crippen LogP contribution in [0.2, 0.25) is 0 Å². The number of amides is 1. The lowest BCUT2D eigenvalue weighted by atomic mass is 9.92. The van der Waals surface area contributed by atoms with Crippen LogP contribution in [0, 0.1) is 5.41 Å². The molecule has 0 spiro atoms. The molecule has 1 heterocycles. The third kappa shape index (κ3) is 2.50. The van der Waals surface area contributed by atoms with E-state index in [0.29, 0.717) is 6.54 Å². The molecule has 1 aromatic rings. The summed E-state index contributed by atoms with van der Waals surface area (Å²) in [6, 6.07) is 6.13. The number of fused-ring (bicyclic) bond motifs is 1. The molecule has 18 heavy (non-hydrogen) atoms. The fraction of sp³-hybridized carbons (Fsp3) is 0.533. The maximum absolute atomic E-state index is 12.3. The van der Waals surface area contributed by atoms with Crippen LogP contribution in [0.15, 0.2) is 18.2 Å². The smallest absolute Gasteiger partial charge is 0.228 e. The third-order valence-corrected chi connectivity index (χ3v) is 3.35. The number of hydrogen-bond donors (Lipinski definition) is 0. The summed E-state index contributed by atoms with van der Waals surface area (Å²) in [6.45, 7) is 7.42. The van der Waals surface area contributed by atoms with Crippen LogP contribution in [0.1, 0.15) is 31.9 Å². The van der Waals surface area contributed by atoms with E-state index in [0.717, 1.165) is 18.7 Å². The predicted octanol–water partition coefficient (Wildman–Crippen LogP) is 2.63. The summed E-state index contributed by atoms with van der Waals surface area (Å²) in [5, 5.41) is 0. The first-order valence-corrected chi connectivity index (χ1v) is 6.37. The Kier molecular flexibility index (Phi) is 3.33. The van der Waals surface area contributed by atoms with E-state index >= 15 is 0 Å². The predicted molar refractivity (Wildman–Crippen MR) is 71.6 cm³/mol. The summed E-state index contributed by atoms with van der Waals surface area (Å²) >= 11 is 0. The number of carbonyl (C=O) groups is 1. The minimum atomic E-state index is -0.309. The highest BCUT2D eigenvalue weighted by molar-refractivity contribution is 5.81. The zero-order chi connectivity index (χ0) is 13.3. The van der Waals surface area contributed by atoms with Crippen molar-refractivity contribution in [3.63, 3.8) is 0 Å². The molecule has 0 aromatic heterocycles. The Hall–Kier alpha value is -1.51. The van der Waals surface area contributed by atoms with E-state index in [9.17, 15) is 4.79 Å². The second-order valence-electron chi connectivity index (χ2n) is 5.86. The molecule has 1 amide bonds. The minimum absolute atomic E-state index is 0.218. The molecular weight excluding hydrogens is 226 g/mol. The highest BCUT2D eigenvalue weighted by atomic mass is 16.5. The summed E-state index contributed by atoms with van der Waals surface area (Å²) in [4.78, 5) is 14.2. The van der Waals surface area contributed by atoms with Crippen LogP contribution in [0.25, 0.3) is 0 Å². The molecule has 0 aliphatic carbocycles. The van der Waals surface area contributed by atoms with Gasteiger partial charge in [0.25, 0.3) is 0 Å². The average molecular weight is 247 g/mol. The number of benzene rings is 1. The zero-order valence-corrected chi connectivity index (χ0v) is 11.6. The van der Waals surface area contributed by atoms with Crippen LogP contribution in [-0.4, -0.2) is 24.5 Å². The van der Waals surface area contributed by atoms with Gasteiger partial charge in [0.1, 0.15) is 5.75 Å². The largest absolute Gasteiger partial charge is 0.497 e. The van der Waals surface area contributed by atoms with Crippen molar-refractivity contribution in [2.24, 2.45) is 5.41 Å². The molecule has 98 valence electrons. The lowest BCUT2D eigenvalue weighted by Gasteiger charge is -2.33. The molecule has 3 heteroatoms.